The zero-order valence-corrected chi connectivity index (χ0v) is 11.5. The van der Waals surface area contributed by atoms with Crippen LogP contribution in [0, 0.1) is 0 Å². The van der Waals surface area contributed by atoms with Crippen LogP contribution in [0.4, 0.5) is 5.69 Å². The molecule has 0 atom stereocenters. The van der Waals surface area contributed by atoms with Gasteiger partial charge in [-0.05, 0) is 23.8 Å². The van der Waals surface area contributed by atoms with Crippen LogP contribution in [-0.4, -0.2) is 16.4 Å². The fourth-order valence-electron chi connectivity index (χ4n) is 2.45. The molecular weight excluding hydrogens is 248 g/mol. The van der Waals surface area contributed by atoms with E-state index in [9.17, 15) is 0 Å². The minimum Gasteiger partial charge on any atom is -0.368 e. The van der Waals surface area contributed by atoms with Crippen LogP contribution in [-0.2, 0) is 13.1 Å². The Balaban J connectivity index is 1.86. The predicted molar refractivity (Wildman–Crippen MR) is 81.6 cm³/mol. The van der Waals surface area contributed by atoms with Crippen molar-refractivity contribution >= 4 is 11.3 Å². The number of rotatable bonds is 4. The molecule has 0 aliphatic carbocycles. The predicted octanol–water partition coefficient (Wildman–Crippen LogP) is 2.43. The molecule has 0 fully saturated rings. The largest absolute Gasteiger partial charge is 0.368 e. The summed E-state index contributed by atoms with van der Waals surface area (Å²) in [6.07, 6.45) is 4.08. The summed E-state index contributed by atoms with van der Waals surface area (Å²) in [7, 11) is 2.07. The molecule has 0 aliphatic heterocycles. The zero-order chi connectivity index (χ0) is 13.9. The number of hydrogen-bond donors (Lipinski definition) is 1. The molecule has 0 radical (unpaired) electrons. The fraction of sp³-hybridized carbons (Fsp3) is 0.188. The second kappa shape index (κ2) is 5.35. The number of nitrogens with two attached hydrogens (primary N) is 1. The monoisotopic (exact) mass is 266 g/mol. The van der Waals surface area contributed by atoms with Gasteiger partial charge in [0.1, 0.15) is 5.65 Å². The Hall–Kier alpha value is -2.33. The van der Waals surface area contributed by atoms with E-state index in [-0.39, 0.29) is 0 Å². The average Bonchev–Trinajstić information content (AvgIpc) is 2.89. The van der Waals surface area contributed by atoms with Crippen molar-refractivity contribution in [2.75, 3.05) is 11.9 Å². The van der Waals surface area contributed by atoms with Gasteiger partial charge in [-0.25, -0.2) is 4.98 Å². The molecule has 0 saturated heterocycles. The van der Waals surface area contributed by atoms with Crippen LogP contribution in [0.5, 0.6) is 0 Å². The summed E-state index contributed by atoms with van der Waals surface area (Å²) in [5.74, 6) is 0. The number of pyridine rings is 1. The molecule has 1 aromatic carbocycles. The first-order chi connectivity index (χ1) is 9.78. The molecule has 2 aromatic heterocycles. The Morgan fingerprint density at radius 3 is 2.75 bits per heavy atom. The number of aromatic nitrogens is 2. The zero-order valence-electron chi connectivity index (χ0n) is 11.5. The molecule has 0 amide bonds. The van der Waals surface area contributed by atoms with Gasteiger partial charge in [0.25, 0.3) is 0 Å². The number of nitrogens with zero attached hydrogens (tertiary/aromatic N) is 3. The van der Waals surface area contributed by atoms with Crippen molar-refractivity contribution in [2.24, 2.45) is 5.73 Å². The van der Waals surface area contributed by atoms with Gasteiger partial charge in [0.2, 0.25) is 0 Å². The lowest BCUT2D eigenvalue weighted by Crippen LogP contribution is -2.19. The highest BCUT2D eigenvalue weighted by molar-refractivity contribution is 5.53. The normalized spacial score (nSPS) is 10.9. The number of para-hydroxylation sites is 1. The van der Waals surface area contributed by atoms with E-state index >= 15 is 0 Å². The minimum atomic E-state index is 0.547. The second-order valence-electron chi connectivity index (χ2n) is 4.89. The average molecular weight is 266 g/mol. The molecule has 0 spiro atoms. The van der Waals surface area contributed by atoms with Crippen LogP contribution in [0.3, 0.4) is 0 Å². The summed E-state index contributed by atoms with van der Waals surface area (Å²) < 4.78 is 2.04. The Morgan fingerprint density at radius 2 is 1.95 bits per heavy atom. The van der Waals surface area contributed by atoms with E-state index < -0.39 is 0 Å². The lowest BCUT2D eigenvalue weighted by Gasteiger charge is -2.21. The molecule has 102 valence electrons. The van der Waals surface area contributed by atoms with Gasteiger partial charge in [-0.2, -0.15) is 0 Å². The third-order valence-corrected chi connectivity index (χ3v) is 3.44. The molecule has 0 bridgehead atoms. The number of imidazole rings is 1. The number of fused-ring (bicyclic) bond motifs is 1. The van der Waals surface area contributed by atoms with Crippen molar-refractivity contribution in [1.82, 2.24) is 9.38 Å². The maximum Gasteiger partial charge on any atom is 0.137 e. The number of benzene rings is 1. The standard InChI is InChI=1S/C16H18N4/c1-19(15-7-3-2-6-13(15)10-17)11-14-12-20-9-5-4-8-16(20)18-14/h2-9,12H,10-11,17H2,1H3. The molecule has 0 saturated carbocycles. The lowest BCUT2D eigenvalue weighted by molar-refractivity contribution is 0.881. The quantitative estimate of drug-likeness (QED) is 0.789. The van der Waals surface area contributed by atoms with Gasteiger partial charge in [-0.3, -0.25) is 0 Å². The van der Waals surface area contributed by atoms with Crippen LogP contribution in [0.15, 0.2) is 54.9 Å². The second-order valence-corrected chi connectivity index (χ2v) is 4.89. The van der Waals surface area contributed by atoms with Crippen LogP contribution >= 0.6 is 0 Å². The van der Waals surface area contributed by atoms with E-state index in [0.717, 1.165) is 29.1 Å². The third kappa shape index (κ3) is 2.38. The Bertz CT molecular complexity index is 684. The van der Waals surface area contributed by atoms with Gasteiger partial charge in [0.15, 0.2) is 0 Å². The summed E-state index contributed by atoms with van der Waals surface area (Å²) >= 11 is 0. The maximum atomic E-state index is 5.80. The van der Waals surface area contributed by atoms with Gasteiger partial charge in [0, 0.05) is 31.7 Å². The Morgan fingerprint density at radius 1 is 1.15 bits per heavy atom. The van der Waals surface area contributed by atoms with Gasteiger partial charge in [-0.1, -0.05) is 24.3 Å². The molecule has 4 nitrogen and oxygen atoms in total. The van der Waals surface area contributed by atoms with E-state index in [0.29, 0.717) is 6.54 Å². The molecule has 20 heavy (non-hydrogen) atoms. The van der Waals surface area contributed by atoms with E-state index in [1.165, 1.54) is 0 Å². The van der Waals surface area contributed by atoms with Crippen LogP contribution < -0.4 is 10.6 Å². The summed E-state index contributed by atoms with van der Waals surface area (Å²) in [5.41, 5.74) is 10.1. The van der Waals surface area contributed by atoms with Gasteiger partial charge >= 0.3 is 0 Å². The van der Waals surface area contributed by atoms with Gasteiger partial charge in [0.05, 0.1) is 12.2 Å². The third-order valence-electron chi connectivity index (χ3n) is 3.44. The van der Waals surface area contributed by atoms with Crippen molar-refractivity contribution in [1.29, 1.82) is 0 Å². The highest BCUT2D eigenvalue weighted by Crippen LogP contribution is 2.20. The Labute approximate surface area is 118 Å². The molecule has 3 rings (SSSR count). The first-order valence-electron chi connectivity index (χ1n) is 6.69. The molecule has 2 heterocycles. The van der Waals surface area contributed by atoms with Crippen molar-refractivity contribution in [3.63, 3.8) is 0 Å². The topological polar surface area (TPSA) is 46.6 Å². The fourth-order valence-corrected chi connectivity index (χ4v) is 2.45. The Kier molecular flexibility index (Phi) is 3.39. The first kappa shape index (κ1) is 12.7. The van der Waals surface area contributed by atoms with E-state index in [1.54, 1.807) is 0 Å². The van der Waals surface area contributed by atoms with Gasteiger partial charge < -0.3 is 15.0 Å². The van der Waals surface area contributed by atoms with E-state index in [1.807, 2.05) is 40.9 Å². The smallest absolute Gasteiger partial charge is 0.137 e. The molecule has 0 aliphatic rings. The van der Waals surface area contributed by atoms with Crippen LogP contribution in [0.25, 0.3) is 5.65 Å². The molecule has 0 unspecified atom stereocenters. The molecule has 2 N–H and O–H groups in total. The molecule has 3 aromatic rings. The van der Waals surface area contributed by atoms with Crippen molar-refractivity contribution in [3.05, 3.63) is 66.1 Å². The van der Waals surface area contributed by atoms with Crippen LogP contribution in [0.1, 0.15) is 11.3 Å². The van der Waals surface area contributed by atoms with E-state index in [4.69, 9.17) is 5.73 Å². The van der Waals surface area contributed by atoms with Gasteiger partial charge in [-0.15, -0.1) is 0 Å². The summed E-state index contributed by atoms with van der Waals surface area (Å²) in [6, 6.07) is 14.2. The number of anilines is 1. The van der Waals surface area contributed by atoms with Crippen molar-refractivity contribution in [2.45, 2.75) is 13.1 Å². The van der Waals surface area contributed by atoms with Crippen molar-refractivity contribution in [3.8, 4) is 0 Å². The molecule has 4 heteroatoms. The summed E-state index contributed by atoms with van der Waals surface area (Å²) in [4.78, 5) is 6.81. The first-order valence-corrected chi connectivity index (χ1v) is 6.69. The highest BCUT2D eigenvalue weighted by Gasteiger charge is 2.08. The SMILES string of the molecule is CN(Cc1cn2ccccc2n1)c1ccccc1CN. The minimum absolute atomic E-state index is 0.547. The lowest BCUT2D eigenvalue weighted by atomic mass is 10.1. The van der Waals surface area contributed by atoms with Crippen LogP contribution in [0.2, 0.25) is 0 Å². The highest BCUT2D eigenvalue weighted by atomic mass is 15.1. The van der Waals surface area contributed by atoms with E-state index in [2.05, 4.69) is 35.3 Å². The summed E-state index contributed by atoms with van der Waals surface area (Å²) in [5, 5.41) is 0. The summed E-state index contributed by atoms with van der Waals surface area (Å²) in [6.45, 7) is 1.31. The van der Waals surface area contributed by atoms with Crippen molar-refractivity contribution < 1.29 is 0 Å². The maximum absolute atomic E-state index is 5.80. The number of hydrogen-bond acceptors (Lipinski definition) is 3. The molecular formula is C16H18N4.